The average molecular weight is 239 g/mol. The van der Waals surface area contributed by atoms with Gasteiger partial charge in [0.15, 0.2) is 5.69 Å². The van der Waals surface area contributed by atoms with Gasteiger partial charge in [-0.15, -0.1) is 11.3 Å². The summed E-state index contributed by atoms with van der Waals surface area (Å²) in [6, 6.07) is 0. The molecule has 0 aliphatic carbocycles. The van der Waals surface area contributed by atoms with E-state index in [1.807, 2.05) is 0 Å². The third-order valence-electron chi connectivity index (χ3n) is 2.12. The Balaban J connectivity index is 2.68. The number of carbonyl (C=O) groups excluding carboxylic acids is 1. The van der Waals surface area contributed by atoms with E-state index < -0.39 is 5.97 Å². The lowest BCUT2D eigenvalue weighted by Gasteiger charge is -1.96. The van der Waals surface area contributed by atoms with Gasteiger partial charge in [-0.1, -0.05) is 0 Å². The number of methoxy groups -OCH3 is 1. The zero-order chi connectivity index (χ0) is 11.7. The molecule has 0 unspecified atom stereocenters. The van der Waals surface area contributed by atoms with Crippen molar-refractivity contribution >= 4 is 17.3 Å². The molecule has 16 heavy (non-hydrogen) atoms. The Bertz CT molecular complexity index is 567. The summed E-state index contributed by atoms with van der Waals surface area (Å²) in [7, 11) is 2.81. The highest BCUT2D eigenvalue weighted by Crippen LogP contribution is 2.23. The van der Waals surface area contributed by atoms with E-state index in [1.165, 1.54) is 23.1 Å². The van der Waals surface area contributed by atoms with E-state index in [1.54, 1.807) is 18.8 Å². The second-order valence-electron chi connectivity index (χ2n) is 3.08. The van der Waals surface area contributed by atoms with Crippen LogP contribution in [0.4, 0.5) is 0 Å². The van der Waals surface area contributed by atoms with Crippen LogP contribution < -0.4 is 5.56 Å². The maximum Gasteiger partial charge on any atom is 0.356 e. The minimum Gasteiger partial charge on any atom is -0.464 e. The van der Waals surface area contributed by atoms with Crippen molar-refractivity contribution in [3.8, 4) is 10.4 Å². The number of aromatic nitrogens is 3. The molecule has 2 rings (SSSR count). The number of H-pyrrole nitrogens is 1. The van der Waals surface area contributed by atoms with Crippen molar-refractivity contribution in [3.63, 3.8) is 0 Å². The third-order valence-corrected chi connectivity index (χ3v) is 2.91. The van der Waals surface area contributed by atoms with Crippen LogP contribution in [-0.2, 0) is 11.8 Å². The van der Waals surface area contributed by atoms with E-state index >= 15 is 0 Å². The fourth-order valence-corrected chi connectivity index (χ4v) is 2.03. The van der Waals surface area contributed by atoms with E-state index in [2.05, 4.69) is 14.8 Å². The van der Waals surface area contributed by atoms with Crippen LogP contribution in [0.25, 0.3) is 10.4 Å². The molecule has 0 saturated carbocycles. The number of ether oxygens (including phenoxy) is 1. The molecule has 84 valence electrons. The van der Waals surface area contributed by atoms with E-state index in [0.717, 1.165) is 0 Å². The van der Waals surface area contributed by atoms with E-state index in [9.17, 15) is 9.59 Å². The SMILES string of the molecule is COC(=O)c1[nH]n(C)c(=O)c1-c1cncs1. The molecule has 0 aliphatic heterocycles. The molecule has 2 aromatic heterocycles. The summed E-state index contributed by atoms with van der Waals surface area (Å²) < 4.78 is 5.84. The molecule has 0 radical (unpaired) electrons. The standard InChI is InChI=1S/C9H9N3O3S/c1-12-8(13)6(5-3-10-4-16-5)7(11-12)9(14)15-2/h3-4,11H,1-2H3. The Kier molecular flexibility index (Phi) is 2.61. The molecular weight excluding hydrogens is 230 g/mol. The number of hydrogen-bond donors (Lipinski definition) is 1. The predicted molar refractivity (Wildman–Crippen MR) is 58.5 cm³/mol. The lowest BCUT2D eigenvalue weighted by Crippen LogP contribution is -2.12. The first-order chi connectivity index (χ1) is 7.65. The van der Waals surface area contributed by atoms with Crippen LogP contribution in [-0.4, -0.2) is 27.8 Å². The van der Waals surface area contributed by atoms with Crippen molar-refractivity contribution in [2.24, 2.45) is 7.05 Å². The normalized spacial score (nSPS) is 10.4. The highest BCUT2D eigenvalue weighted by molar-refractivity contribution is 7.13. The number of carbonyl (C=O) groups is 1. The summed E-state index contributed by atoms with van der Waals surface area (Å²) >= 11 is 1.29. The van der Waals surface area contributed by atoms with E-state index in [4.69, 9.17) is 0 Å². The smallest absolute Gasteiger partial charge is 0.356 e. The Morgan fingerprint density at radius 3 is 2.94 bits per heavy atom. The summed E-state index contributed by atoms with van der Waals surface area (Å²) in [5.74, 6) is -0.568. The molecular formula is C9H9N3O3S. The Morgan fingerprint density at radius 1 is 1.62 bits per heavy atom. The van der Waals surface area contributed by atoms with Crippen molar-refractivity contribution in [1.29, 1.82) is 0 Å². The van der Waals surface area contributed by atoms with Crippen LogP contribution in [0.5, 0.6) is 0 Å². The fourth-order valence-electron chi connectivity index (χ4n) is 1.37. The maximum absolute atomic E-state index is 11.8. The Labute approximate surface area is 94.5 Å². The van der Waals surface area contributed by atoms with Crippen molar-refractivity contribution in [2.75, 3.05) is 7.11 Å². The topological polar surface area (TPSA) is 77.0 Å². The Morgan fingerprint density at radius 2 is 2.38 bits per heavy atom. The molecule has 2 aromatic rings. The number of aromatic amines is 1. The van der Waals surface area contributed by atoms with Gasteiger partial charge < -0.3 is 4.74 Å². The number of thiazole rings is 1. The molecule has 2 heterocycles. The number of hydrogen-bond acceptors (Lipinski definition) is 5. The highest BCUT2D eigenvalue weighted by Gasteiger charge is 2.21. The summed E-state index contributed by atoms with van der Waals surface area (Å²) in [5, 5.41) is 2.66. The lowest BCUT2D eigenvalue weighted by atomic mass is 10.2. The van der Waals surface area contributed by atoms with Crippen LogP contribution in [0.15, 0.2) is 16.5 Å². The zero-order valence-corrected chi connectivity index (χ0v) is 9.50. The second kappa shape index (κ2) is 3.93. The van der Waals surface area contributed by atoms with Gasteiger partial charge in [0.25, 0.3) is 5.56 Å². The van der Waals surface area contributed by atoms with Crippen LogP contribution >= 0.6 is 11.3 Å². The van der Waals surface area contributed by atoms with Gasteiger partial charge in [0.2, 0.25) is 0 Å². The molecule has 0 fully saturated rings. The zero-order valence-electron chi connectivity index (χ0n) is 8.68. The summed E-state index contributed by atoms with van der Waals surface area (Å²) in [4.78, 5) is 27.8. The number of esters is 1. The summed E-state index contributed by atoms with van der Waals surface area (Å²) in [6.07, 6.45) is 1.54. The average Bonchev–Trinajstić information content (AvgIpc) is 2.87. The minimum atomic E-state index is -0.568. The molecule has 0 bridgehead atoms. The van der Waals surface area contributed by atoms with Crippen molar-refractivity contribution < 1.29 is 9.53 Å². The van der Waals surface area contributed by atoms with Gasteiger partial charge in [0.1, 0.15) is 0 Å². The van der Waals surface area contributed by atoms with Crippen LogP contribution in [0.3, 0.4) is 0 Å². The quantitative estimate of drug-likeness (QED) is 0.779. The summed E-state index contributed by atoms with van der Waals surface area (Å²) in [5.41, 5.74) is 1.78. The van der Waals surface area contributed by atoms with Gasteiger partial charge in [-0.25, -0.2) is 4.79 Å². The molecule has 1 N–H and O–H groups in total. The number of nitrogens with zero attached hydrogens (tertiary/aromatic N) is 2. The van der Waals surface area contributed by atoms with Gasteiger partial charge in [-0.3, -0.25) is 19.6 Å². The minimum absolute atomic E-state index is 0.152. The number of nitrogens with one attached hydrogen (secondary N) is 1. The van der Waals surface area contributed by atoms with Gasteiger partial charge in [0, 0.05) is 13.2 Å². The molecule has 0 spiro atoms. The second-order valence-corrected chi connectivity index (χ2v) is 3.97. The third kappa shape index (κ3) is 1.54. The van der Waals surface area contributed by atoms with Gasteiger partial charge in [0.05, 0.1) is 23.1 Å². The van der Waals surface area contributed by atoms with Crippen molar-refractivity contribution in [1.82, 2.24) is 14.8 Å². The molecule has 0 atom stereocenters. The highest BCUT2D eigenvalue weighted by atomic mass is 32.1. The fraction of sp³-hybridized carbons (Fsp3) is 0.222. The molecule has 0 amide bonds. The number of aryl methyl sites for hydroxylation is 1. The van der Waals surface area contributed by atoms with E-state index in [-0.39, 0.29) is 11.3 Å². The van der Waals surface area contributed by atoms with Crippen molar-refractivity contribution in [2.45, 2.75) is 0 Å². The van der Waals surface area contributed by atoms with Crippen LogP contribution in [0.2, 0.25) is 0 Å². The molecule has 7 heteroatoms. The van der Waals surface area contributed by atoms with E-state index in [0.29, 0.717) is 10.4 Å². The number of rotatable bonds is 2. The molecule has 0 aromatic carbocycles. The predicted octanol–water partition coefficient (Wildman–Crippen LogP) is 0.623. The first-order valence-electron chi connectivity index (χ1n) is 4.41. The lowest BCUT2D eigenvalue weighted by molar-refractivity contribution is 0.0594. The maximum atomic E-state index is 11.8. The monoisotopic (exact) mass is 239 g/mol. The van der Waals surface area contributed by atoms with Gasteiger partial charge in [-0.2, -0.15) is 0 Å². The largest absolute Gasteiger partial charge is 0.464 e. The summed E-state index contributed by atoms with van der Waals surface area (Å²) in [6.45, 7) is 0. The first-order valence-corrected chi connectivity index (χ1v) is 5.29. The van der Waals surface area contributed by atoms with Gasteiger partial charge in [-0.05, 0) is 0 Å². The van der Waals surface area contributed by atoms with Crippen molar-refractivity contribution in [3.05, 3.63) is 27.8 Å². The van der Waals surface area contributed by atoms with Crippen LogP contribution in [0, 0.1) is 0 Å². The Hall–Kier alpha value is -1.89. The first kappa shape index (κ1) is 10.6. The molecule has 0 aliphatic rings. The van der Waals surface area contributed by atoms with Gasteiger partial charge >= 0.3 is 5.97 Å². The molecule has 0 saturated heterocycles. The van der Waals surface area contributed by atoms with Crippen LogP contribution in [0.1, 0.15) is 10.5 Å². The molecule has 6 nitrogen and oxygen atoms in total.